The maximum atomic E-state index is 10.9. The number of hydrogen-bond donors (Lipinski definition) is 1. The molecule has 0 aliphatic heterocycles. The van der Waals surface area contributed by atoms with Gasteiger partial charge in [0.2, 0.25) is 0 Å². The number of carbonyl (C=O) groups is 1. The van der Waals surface area contributed by atoms with Crippen LogP contribution in [0.5, 0.6) is 5.75 Å². The molecule has 1 aromatic carbocycles. The normalized spacial score (nSPS) is 12.0. The summed E-state index contributed by atoms with van der Waals surface area (Å²) in [7, 11) is 1.39. The molecule has 7 nitrogen and oxygen atoms in total. The van der Waals surface area contributed by atoms with E-state index in [1.54, 1.807) is 0 Å². The molecule has 0 unspecified atom stereocenters. The summed E-state index contributed by atoms with van der Waals surface area (Å²) in [5.74, 6) is 0.693. The Hall–Kier alpha value is -1.67. The van der Waals surface area contributed by atoms with Gasteiger partial charge in [0.1, 0.15) is 5.75 Å². The van der Waals surface area contributed by atoms with Crippen LogP contribution in [0.4, 0.5) is 0 Å². The summed E-state index contributed by atoms with van der Waals surface area (Å²) in [6, 6.07) is 8.04. The van der Waals surface area contributed by atoms with E-state index in [0.717, 1.165) is 50.2 Å². The molecule has 0 radical (unpaired) electrons. The summed E-state index contributed by atoms with van der Waals surface area (Å²) in [5.41, 5.74) is 6.96. The average molecular weight is 426 g/mol. The van der Waals surface area contributed by atoms with E-state index in [2.05, 4.69) is 4.74 Å². The zero-order chi connectivity index (χ0) is 21.9. The Kier molecular flexibility index (Phi) is 15.9. The monoisotopic (exact) mass is 425 g/mol. The number of nitrogens with two attached hydrogens (primary N) is 1. The van der Waals surface area contributed by atoms with Crippen molar-refractivity contribution in [2.45, 2.75) is 51.5 Å². The Morgan fingerprint density at radius 2 is 1.33 bits per heavy atom. The molecule has 0 aromatic heterocycles. The molecule has 0 spiro atoms. The van der Waals surface area contributed by atoms with Gasteiger partial charge < -0.3 is 29.4 Å². The number of unbranched alkanes of at least 4 members (excludes halogenated alkanes) is 3. The molecule has 1 aromatic rings. The van der Waals surface area contributed by atoms with Crippen LogP contribution in [0.3, 0.4) is 0 Å². The summed E-state index contributed by atoms with van der Waals surface area (Å²) in [5, 5.41) is 0. The first kappa shape index (κ1) is 26.4. The maximum Gasteiger partial charge on any atom is 0.305 e. The van der Waals surface area contributed by atoms with E-state index >= 15 is 0 Å². The third-order valence-corrected chi connectivity index (χ3v) is 4.50. The van der Waals surface area contributed by atoms with Crippen molar-refractivity contribution in [2.24, 2.45) is 5.73 Å². The standard InChI is InChI=1S/C23H39NO6/c1-20(24)21-9-11-22(12-10-21)30-15-6-4-3-5-13-27-16-18-29-19-17-28-14-7-8-23(25)26-2/h9-12,20H,3-8,13-19,24H2,1-2H3/t20-/m1/s1. The number of methoxy groups -OCH3 is 1. The molecule has 0 bridgehead atoms. The van der Waals surface area contributed by atoms with Crippen LogP contribution in [0.25, 0.3) is 0 Å². The smallest absolute Gasteiger partial charge is 0.305 e. The second-order valence-corrected chi connectivity index (χ2v) is 7.14. The number of rotatable bonds is 19. The van der Waals surface area contributed by atoms with Crippen LogP contribution in [0.15, 0.2) is 24.3 Å². The number of ether oxygens (including phenoxy) is 5. The lowest BCUT2D eigenvalue weighted by molar-refractivity contribution is -0.141. The van der Waals surface area contributed by atoms with Crippen LogP contribution in [0.2, 0.25) is 0 Å². The van der Waals surface area contributed by atoms with Crippen molar-refractivity contribution in [3.8, 4) is 5.75 Å². The topological polar surface area (TPSA) is 89.2 Å². The predicted octanol–water partition coefficient (Wildman–Crippen LogP) is 3.65. The molecule has 0 heterocycles. The minimum Gasteiger partial charge on any atom is -0.494 e. The van der Waals surface area contributed by atoms with E-state index in [4.69, 9.17) is 24.7 Å². The third kappa shape index (κ3) is 14.3. The molecule has 172 valence electrons. The first-order valence-electron chi connectivity index (χ1n) is 10.9. The van der Waals surface area contributed by atoms with Gasteiger partial charge in [-0.25, -0.2) is 0 Å². The molecule has 0 saturated carbocycles. The Balaban J connectivity index is 1.78. The molecule has 7 heteroatoms. The summed E-state index contributed by atoms with van der Waals surface area (Å²) in [6.45, 7) is 6.24. The summed E-state index contributed by atoms with van der Waals surface area (Å²) in [4.78, 5) is 10.9. The molecule has 1 atom stereocenters. The van der Waals surface area contributed by atoms with E-state index in [-0.39, 0.29) is 12.0 Å². The molecular formula is C23H39NO6. The molecule has 2 N–H and O–H groups in total. The quantitative estimate of drug-likeness (QED) is 0.267. The van der Waals surface area contributed by atoms with Crippen molar-refractivity contribution < 1.29 is 28.5 Å². The zero-order valence-electron chi connectivity index (χ0n) is 18.6. The molecule has 0 amide bonds. The number of hydrogen-bond acceptors (Lipinski definition) is 7. The van der Waals surface area contributed by atoms with Crippen molar-refractivity contribution in [1.29, 1.82) is 0 Å². The molecule has 0 fully saturated rings. The summed E-state index contributed by atoms with van der Waals surface area (Å²) in [6.07, 6.45) is 5.41. The SMILES string of the molecule is COC(=O)CCCOCCOCCOCCCCCCOc1ccc([C@@H](C)N)cc1. The highest BCUT2D eigenvalue weighted by atomic mass is 16.5. The van der Waals surface area contributed by atoms with Gasteiger partial charge in [0.05, 0.1) is 40.1 Å². The lowest BCUT2D eigenvalue weighted by Gasteiger charge is -2.09. The predicted molar refractivity (Wildman–Crippen MR) is 117 cm³/mol. The largest absolute Gasteiger partial charge is 0.494 e. The minimum absolute atomic E-state index is 0.0530. The van der Waals surface area contributed by atoms with E-state index in [1.807, 2.05) is 31.2 Å². The molecule has 1 rings (SSSR count). The van der Waals surface area contributed by atoms with Gasteiger partial charge in [0.25, 0.3) is 0 Å². The fourth-order valence-corrected chi connectivity index (χ4v) is 2.68. The van der Waals surface area contributed by atoms with Gasteiger partial charge >= 0.3 is 5.97 Å². The van der Waals surface area contributed by atoms with Crippen LogP contribution >= 0.6 is 0 Å². The average Bonchev–Trinajstić information content (AvgIpc) is 2.75. The first-order valence-corrected chi connectivity index (χ1v) is 10.9. The second-order valence-electron chi connectivity index (χ2n) is 7.14. The fraction of sp³-hybridized carbons (Fsp3) is 0.696. The van der Waals surface area contributed by atoms with E-state index in [1.165, 1.54) is 7.11 Å². The highest BCUT2D eigenvalue weighted by Gasteiger charge is 2.00. The van der Waals surface area contributed by atoms with Crippen LogP contribution in [0.1, 0.15) is 57.1 Å². The highest BCUT2D eigenvalue weighted by molar-refractivity contribution is 5.68. The van der Waals surface area contributed by atoms with E-state index in [0.29, 0.717) is 45.9 Å². The van der Waals surface area contributed by atoms with Gasteiger partial charge in [0, 0.05) is 25.7 Å². The van der Waals surface area contributed by atoms with Gasteiger partial charge in [-0.3, -0.25) is 4.79 Å². The van der Waals surface area contributed by atoms with Crippen molar-refractivity contribution >= 4 is 5.97 Å². The van der Waals surface area contributed by atoms with Gasteiger partial charge in [0.15, 0.2) is 0 Å². The van der Waals surface area contributed by atoms with Gasteiger partial charge in [-0.05, 0) is 50.3 Å². The summed E-state index contributed by atoms with van der Waals surface area (Å²) >= 11 is 0. The van der Waals surface area contributed by atoms with E-state index < -0.39 is 0 Å². The van der Waals surface area contributed by atoms with Gasteiger partial charge in [-0.15, -0.1) is 0 Å². The van der Waals surface area contributed by atoms with Crippen LogP contribution < -0.4 is 10.5 Å². The Labute approximate surface area is 181 Å². The fourth-order valence-electron chi connectivity index (χ4n) is 2.68. The lowest BCUT2D eigenvalue weighted by atomic mass is 10.1. The van der Waals surface area contributed by atoms with Crippen molar-refractivity contribution in [3.05, 3.63) is 29.8 Å². The van der Waals surface area contributed by atoms with E-state index in [9.17, 15) is 4.79 Å². The number of carbonyl (C=O) groups excluding carboxylic acids is 1. The lowest BCUT2D eigenvalue weighted by Crippen LogP contribution is -2.11. The Morgan fingerprint density at radius 3 is 1.90 bits per heavy atom. The van der Waals surface area contributed by atoms with Crippen molar-refractivity contribution in [2.75, 3.05) is 53.4 Å². The zero-order valence-corrected chi connectivity index (χ0v) is 18.6. The number of benzene rings is 1. The third-order valence-electron chi connectivity index (χ3n) is 4.50. The summed E-state index contributed by atoms with van der Waals surface area (Å²) < 4.78 is 26.7. The number of esters is 1. The van der Waals surface area contributed by atoms with Gasteiger partial charge in [-0.2, -0.15) is 0 Å². The van der Waals surface area contributed by atoms with Crippen molar-refractivity contribution in [1.82, 2.24) is 0 Å². The molecule has 30 heavy (non-hydrogen) atoms. The van der Waals surface area contributed by atoms with Crippen LogP contribution in [-0.4, -0.2) is 59.3 Å². The van der Waals surface area contributed by atoms with Crippen LogP contribution in [0, 0.1) is 0 Å². The second kappa shape index (κ2) is 18.1. The molecule has 0 aliphatic rings. The highest BCUT2D eigenvalue weighted by Crippen LogP contribution is 2.16. The Bertz CT molecular complexity index is 535. The van der Waals surface area contributed by atoms with Crippen molar-refractivity contribution in [3.63, 3.8) is 0 Å². The molecule has 0 aliphatic carbocycles. The van der Waals surface area contributed by atoms with Gasteiger partial charge in [-0.1, -0.05) is 18.6 Å². The maximum absolute atomic E-state index is 10.9. The first-order chi connectivity index (χ1) is 14.6. The minimum atomic E-state index is -0.205. The Morgan fingerprint density at radius 1 is 0.800 bits per heavy atom. The molecular weight excluding hydrogens is 386 g/mol. The molecule has 0 saturated heterocycles. The van der Waals surface area contributed by atoms with Crippen LogP contribution in [-0.2, 0) is 23.7 Å².